The Kier molecular flexibility index (Phi) is 3.41. The normalized spacial score (nSPS) is 35.3. The molecule has 0 saturated carbocycles. The zero-order valence-electron chi connectivity index (χ0n) is 15.1. The minimum Gasteiger partial charge on any atom is -0.391 e. The van der Waals surface area contributed by atoms with Gasteiger partial charge in [-0.05, 0) is 11.6 Å². The largest absolute Gasteiger partial charge is 0.391 e. The number of aliphatic hydroxyl groups is 1. The molecular formula is C19H17N5O5. The van der Waals surface area contributed by atoms with Crippen LogP contribution >= 0.6 is 0 Å². The van der Waals surface area contributed by atoms with Gasteiger partial charge in [-0.3, -0.25) is 14.0 Å². The molecule has 3 N–H and O–H groups in total. The van der Waals surface area contributed by atoms with E-state index in [4.69, 9.17) is 24.7 Å². The first kappa shape index (κ1) is 17.0. The summed E-state index contributed by atoms with van der Waals surface area (Å²) < 4.78 is 25.7. The number of rotatable bonds is 4. The average Bonchev–Trinajstić information content (AvgIpc) is 3.43. The van der Waals surface area contributed by atoms with Gasteiger partial charge in [0.15, 0.2) is 30.0 Å². The molecule has 4 aliphatic heterocycles. The summed E-state index contributed by atoms with van der Waals surface area (Å²) in [5.74, 6) is -2.40. The second-order valence-electron chi connectivity index (χ2n) is 7.10. The van der Waals surface area contributed by atoms with Crippen molar-refractivity contribution in [1.82, 2.24) is 19.5 Å². The molecule has 1 aromatic carbocycles. The fourth-order valence-electron chi connectivity index (χ4n) is 4.13. The van der Waals surface area contributed by atoms with Crippen LogP contribution in [0.1, 0.15) is 5.56 Å². The number of nitrogens with zero attached hydrogens (tertiary/aromatic N) is 4. The van der Waals surface area contributed by atoms with E-state index in [-0.39, 0.29) is 12.4 Å². The van der Waals surface area contributed by atoms with E-state index in [2.05, 4.69) is 15.0 Å². The molecule has 2 bridgehead atoms. The van der Waals surface area contributed by atoms with Crippen molar-refractivity contribution in [2.75, 3.05) is 12.3 Å². The van der Waals surface area contributed by atoms with Gasteiger partial charge in [-0.2, -0.15) is 0 Å². The Hall–Kier alpha value is -2.89. The van der Waals surface area contributed by atoms with Crippen molar-refractivity contribution in [3.05, 3.63) is 54.6 Å². The number of nitrogens with two attached hydrogens (primary N) is 1. The van der Waals surface area contributed by atoms with Gasteiger partial charge in [-0.25, -0.2) is 15.0 Å². The molecular weight excluding hydrogens is 378 g/mol. The van der Waals surface area contributed by atoms with Crippen molar-refractivity contribution in [2.45, 2.75) is 30.2 Å². The summed E-state index contributed by atoms with van der Waals surface area (Å²) in [6, 6.07) is 9.82. The molecule has 29 heavy (non-hydrogen) atoms. The van der Waals surface area contributed by atoms with Crippen LogP contribution in [0, 0.1) is 0 Å². The number of ether oxygens (including phenoxy) is 4. The van der Waals surface area contributed by atoms with Crippen LogP contribution in [-0.2, 0) is 24.9 Å². The Bertz CT molecular complexity index is 1110. The minimum absolute atomic E-state index is 0.250. The highest BCUT2D eigenvalue weighted by atomic mass is 17.0. The van der Waals surface area contributed by atoms with Crippen LogP contribution in [0.3, 0.4) is 0 Å². The van der Waals surface area contributed by atoms with E-state index in [1.54, 1.807) is 4.57 Å². The van der Waals surface area contributed by atoms with E-state index in [0.717, 1.165) is 5.56 Å². The summed E-state index contributed by atoms with van der Waals surface area (Å²) in [6.45, 7) is -0.377. The average molecular weight is 395 g/mol. The summed E-state index contributed by atoms with van der Waals surface area (Å²) in [6.07, 6.45) is 4.72. The number of hydrogen-bond donors (Lipinski definition) is 2. The molecule has 7 rings (SSSR count). The van der Waals surface area contributed by atoms with Gasteiger partial charge in [-0.1, -0.05) is 36.4 Å². The van der Waals surface area contributed by atoms with Crippen LogP contribution in [0.4, 0.5) is 5.82 Å². The van der Waals surface area contributed by atoms with Crippen LogP contribution in [0.2, 0.25) is 0 Å². The van der Waals surface area contributed by atoms with Crippen molar-refractivity contribution in [2.24, 2.45) is 0 Å². The highest BCUT2D eigenvalue weighted by Crippen LogP contribution is 2.60. The molecule has 3 aromatic rings. The number of aliphatic hydroxyl groups excluding tert-OH is 1. The molecule has 0 aliphatic carbocycles. The lowest BCUT2D eigenvalue weighted by Crippen LogP contribution is -2.62. The van der Waals surface area contributed by atoms with Crippen molar-refractivity contribution >= 4 is 23.1 Å². The first-order chi connectivity index (χ1) is 14.2. The van der Waals surface area contributed by atoms with Crippen molar-refractivity contribution in [3.8, 4) is 0 Å². The lowest BCUT2D eigenvalue weighted by Gasteiger charge is -2.47. The van der Waals surface area contributed by atoms with Crippen LogP contribution < -0.4 is 5.73 Å². The molecule has 0 spiro atoms. The summed E-state index contributed by atoms with van der Waals surface area (Å²) in [7, 11) is 0. The zero-order chi connectivity index (χ0) is 19.6. The zero-order valence-corrected chi connectivity index (χ0v) is 15.1. The van der Waals surface area contributed by atoms with E-state index in [1.165, 1.54) is 12.7 Å². The molecule has 6 heterocycles. The molecule has 4 aliphatic rings. The third-order valence-corrected chi connectivity index (χ3v) is 5.43. The van der Waals surface area contributed by atoms with E-state index < -0.39 is 30.2 Å². The molecule has 0 radical (unpaired) electrons. The highest BCUT2D eigenvalue weighted by molar-refractivity contribution is 5.81. The smallest absolute Gasteiger partial charge is 0.294 e. The van der Waals surface area contributed by atoms with E-state index in [9.17, 15) is 5.11 Å². The Morgan fingerprint density at radius 3 is 2.69 bits per heavy atom. The van der Waals surface area contributed by atoms with Gasteiger partial charge in [0.25, 0.3) is 5.91 Å². The van der Waals surface area contributed by atoms with Gasteiger partial charge in [0, 0.05) is 0 Å². The lowest BCUT2D eigenvalue weighted by atomic mass is 10.1. The Morgan fingerprint density at radius 2 is 1.90 bits per heavy atom. The van der Waals surface area contributed by atoms with Crippen LogP contribution in [0.25, 0.3) is 17.2 Å². The third kappa shape index (κ3) is 2.20. The molecule has 3 atom stereocenters. The molecule has 10 nitrogen and oxygen atoms in total. The van der Waals surface area contributed by atoms with Crippen molar-refractivity contribution in [1.29, 1.82) is 0 Å². The Labute approximate surface area is 164 Å². The maximum Gasteiger partial charge on any atom is 0.294 e. The first-order valence-corrected chi connectivity index (χ1v) is 9.15. The van der Waals surface area contributed by atoms with Crippen LogP contribution in [0.5, 0.6) is 0 Å². The van der Waals surface area contributed by atoms with E-state index >= 15 is 0 Å². The van der Waals surface area contributed by atoms with Gasteiger partial charge < -0.3 is 20.3 Å². The topological polar surface area (TPSA) is 127 Å². The number of anilines is 1. The number of aromatic nitrogens is 4. The predicted molar refractivity (Wildman–Crippen MR) is 98.7 cm³/mol. The number of benzene rings is 1. The van der Waals surface area contributed by atoms with Crippen LogP contribution in [-0.4, -0.2) is 55.5 Å². The molecule has 4 saturated heterocycles. The second-order valence-corrected chi connectivity index (χ2v) is 7.10. The maximum atomic E-state index is 9.90. The monoisotopic (exact) mass is 395 g/mol. The predicted octanol–water partition coefficient (Wildman–Crippen LogP) is 0.591. The SMILES string of the molecule is Nc1ncnc2c1ncn2C12OC(CO)(O1)C1O[C@H](C=Cc3ccccc3)OC12. The second kappa shape index (κ2) is 5.81. The van der Waals surface area contributed by atoms with Crippen molar-refractivity contribution < 1.29 is 24.1 Å². The van der Waals surface area contributed by atoms with Gasteiger partial charge in [0.1, 0.15) is 24.8 Å². The van der Waals surface area contributed by atoms with E-state index in [0.29, 0.717) is 11.2 Å². The summed E-state index contributed by atoms with van der Waals surface area (Å²) in [5.41, 5.74) is 7.78. The molecule has 0 amide bonds. The van der Waals surface area contributed by atoms with Gasteiger partial charge in [0.2, 0.25) is 5.79 Å². The van der Waals surface area contributed by atoms with Crippen molar-refractivity contribution in [3.63, 3.8) is 0 Å². The summed E-state index contributed by atoms with van der Waals surface area (Å²) in [4.78, 5) is 12.5. The fourth-order valence-corrected chi connectivity index (χ4v) is 4.13. The first-order valence-electron chi connectivity index (χ1n) is 9.15. The minimum atomic E-state index is -1.35. The highest BCUT2D eigenvalue weighted by Gasteiger charge is 2.81. The number of fused-ring (bicyclic) bond motifs is 1. The summed E-state index contributed by atoms with van der Waals surface area (Å²) in [5, 5.41) is 9.90. The third-order valence-electron chi connectivity index (χ3n) is 5.43. The van der Waals surface area contributed by atoms with E-state index in [1.807, 2.05) is 42.5 Å². The Morgan fingerprint density at radius 1 is 1.10 bits per heavy atom. The maximum absolute atomic E-state index is 9.90. The molecule has 2 unspecified atom stereocenters. The van der Waals surface area contributed by atoms with Gasteiger partial charge in [-0.15, -0.1) is 0 Å². The lowest BCUT2D eigenvalue weighted by molar-refractivity contribution is -0.533. The van der Waals surface area contributed by atoms with Gasteiger partial charge >= 0.3 is 0 Å². The molecule has 4 fully saturated rings. The number of nitrogen functional groups attached to an aromatic ring is 1. The number of imidazole rings is 1. The molecule has 148 valence electrons. The fraction of sp³-hybridized carbons (Fsp3) is 0.316. The van der Waals surface area contributed by atoms with Gasteiger partial charge in [0.05, 0.1) is 0 Å². The molecule has 2 aromatic heterocycles. The summed E-state index contributed by atoms with van der Waals surface area (Å²) >= 11 is 0. The quantitative estimate of drug-likeness (QED) is 0.652. The number of hydrogen-bond acceptors (Lipinski definition) is 9. The standard InChI is InChI=1S/C19H17N5O5/c20-16-13-17(22-9-21-16)24(10-23-13)19-15-14(18(8-25,28-19)29-19)26-12(27-15)7-6-11-4-2-1-3-5-11/h1-7,9-10,12,14-15,25H,8H2,(H2,20,21,22)/t12-,14?,15?,18?,19?/m0/s1. The molecule has 10 heteroatoms. The Balaban J connectivity index is 1.35. The van der Waals surface area contributed by atoms with Crippen LogP contribution in [0.15, 0.2) is 49.1 Å².